The molecule has 0 aromatic carbocycles. The SMILES string of the molecule is CC(C)=CCNC(C)CS(C)(=O)=O. The number of allylic oxidation sites excluding steroid dienone is 1. The van der Waals surface area contributed by atoms with E-state index in [-0.39, 0.29) is 11.8 Å². The van der Waals surface area contributed by atoms with Gasteiger partial charge in [0.25, 0.3) is 0 Å². The fraction of sp³-hybridized carbons (Fsp3) is 0.778. The van der Waals surface area contributed by atoms with Crippen LogP contribution < -0.4 is 5.32 Å². The first-order valence-corrected chi connectivity index (χ1v) is 6.42. The molecule has 0 saturated carbocycles. The van der Waals surface area contributed by atoms with Crippen LogP contribution in [0.1, 0.15) is 20.8 Å². The fourth-order valence-electron chi connectivity index (χ4n) is 0.977. The van der Waals surface area contributed by atoms with E-state index in [2.05, 4.69) is 5.32 Å². The first-order valence-electron chi connectivity index (χ1n) is 4.36. The van der Waals surface area contributed by atoms with E-state index >= 15 is 0 Å². The zero-order chi connectivity index (χ0) is 10.5. The monoisotopic (exact) mass is 205 g/mol. The summed E-state index contributed by atoms with van der Waals surface area (Å²) in [6, 6.07) is 0.0191. The highest BCUT2D eigenvalue weighted by Gasteiger charge is 2.08. The Kier molecular flexibility index (Phi) is 5.25. The summed E-state index contributed by atoms with van der Waals surface area (Å²) >= 11 is 0. The van der Waals surface area contributed by atoms with Gasteiger partial charge in [-0.05, 0) is 20.8 Å². The predicted molar refractivity (Wildman–Crippen MR) is 56.6 cm³/mol. The molecule has 0 aromatic rings. The van der Waals surface area contributed by atoms with Crippen molar-refractivity contribution in [3.63, 3.8) is 0 Å². The van der Waals surface area contributed by atoms with Crippen LogP contribution in [0.3, 0.4) is 0 Å². The van der Waals surface area contributed by atoms with E-state index in [0.29, 0.717) is 0 Å². The lowest BCUT2D eigenvalue weighted by Crippen LogP contribution is -2.32. The molecule has 0 fully saturated rings. The lowest BCUT2D eigenvalue weighted by Gasteiger charge is -2.10. The number of sulfone groups is 1. The smallest absolute Gasteiger partial charge is 0.148 e. The highest BCUT2D eigenvalue weighted by Crippen LogP contribution is 1.91. The van der Waals surface area contributed by atoms with Crippen molar-refractivity contribution in [2.24, 2.45) is 0 Å². The molecule has 0 aliphatic carbocycles. The molecule has 0 aromatic heterocycles. The van der Waals surface area contributed by atoms with E-state index in [1.807, 2.05) is 26.8 Å². The van der Waals surface area contributed by atoms with Crippen LogP contribution in [0.4, 0.5) is 0 Å². The van der Waals surface area contributed by atoms with Gasteiger partial charge < -0.3 is 5.32 Å². The van der Waals surface area contributed by atoms with Crippen LogP contribution in [-0.2, 0) is 9.84 Å². The van der Waals surface area contributed by atoms with Gasteiger partial charge in [0.05, 0.1) is 5.75 Å². The molecule has 0 amide bonds. The number of nitrogens with one attached hydrogen (secondary N) is 1. The van der Waals surface area contributed by atoms with Gasteiger partial charge >= 0.3 is 0 Å². The number of hydrogen-bond acceptors (Lipinski definition) is 3. The van der Waals surface area contributed by atoms with Gasteiger partial charge in [-0.1, -0.05) is 11.6 Å². The third kappa shape index (κ3) is 9.56. The summed E-state index contributed by atoms with van der Waals surface area (Å²) in [5, 5.41) is 3.11. The first-order chi connectivity index (χ1) is 5.81. The molecule has 0 radical (unpaired) electrons. The molecule has 0 aliphatic rings. The summed E-state index contributed by atoms with van der Waals surface area (Å²) in [7, 11) is -2.86. The predicted octanol–water partition coefficient (Wildman–Crippen LogP) is 0.975. The van der Waals surface area contributed by atoms with Gasteiger partial charge in [0, 0.05) is 18.8 Å². The van der Waals surface area contributed by atoms with Crippen molar-refractivity contribution in [3.05, 3.63) is 11.6 Å². The molecule has 78 valence electrons. The molecule has 0 heterocycles. The van der Waals surface area contributed by atoms with E-state index in [1.165, 1.54) is 11.8 Å². The number of rotatable bonds is 5. The minimum Gasteiger partial charge on any atom is -0.310 e. The molecule has 13 heavy (non-hydrogen) atoms. The molecule has 0 rings (SSSR count). The molecule has 0 spiro atoms. The molecule has 3 nitrogen and oxygen atoms in total. The molecule has 4 heteroatoms. The van der Waals surface area contributed by atoms with Gasteiger partial charge in [-0.25, -0.2) is 8.42 Å². The van der Waals surface area contributed by atoms with Gasteiger partial charge in [-0.3, -0.25) is 0 Å². The Balaban J connectivity index is 3.77. The molecule has 0 bridgehead atoms. The zero-order valence-corrected chi connectivity index (χ0v) is 9.61. The molecule has 1 N–H and O–H groups in total. The second-order valence-electron chi connectivity index (χ2n) is 3.68. The fourth-order valence-corrected chi connectivity index (χ4v) is 2.00. The highest BCUT2D eigenvalue weighted by molar-refractivity contribution is 7.90. The van der Waals surface area contributed by atoms with Crippen molar-refractivity contribution < 1.29 is 8.42 Å². The van der Waals surface area contributed by atoms with Crippen LogP contribution in [0.15, 0.2) is 11.6 Å². The lowest BCUT2D eigenvalue weighted by atomic mass is 10.3. The minimum absolute atomic E-state index is 0.0191. The summed E-state index contributed by atoms with van der Waals surface area (Å²) in [6.45, 7) is 6.64. The summed E-state index contributed by atoms with van der Waals surface area (Å²) in [5.41, 5.74) is 1.24. The Morgan fingerprint density at radius 1 is 1.46 bits per heavy atom. The van der Waals surface area contributed by atoms with E-state index in [1.54, 1.807) is 0 Å². The van der Waals surface area contributed by atoms with E-state index in [0.717, 1.165) is 6.54 Å². The Hall–Kier alpha value is -0.350. The van der Waals surface area contributed by atoms with Gasteiger partial charge in [0.15, 0.2) is 0 Å². The second kappa shape index (κ2) is 5.40. The van der Waals surface area contributed by atoms with Gasteiger partial charge in [-0.15, -0.1) is 0 Å². The van der Waals surface area contributed by atoms with E-state index in [4.69, 9.17) is 0 Å². The maximum atomic E-state index is 10.9. The van der Waals surface area contributed by atoms with Gasteiger partial charge in [0.2, 0.25) is 0 Å². The Bertz CT molecular complexity index is 263. The Labute approximate surface area is 81.1 Å². The topological polar surface area (TPSA) is 46.2 Å². The summed E-state index contributed by atoms with van der Waals surface area (Å²) in [6.07, 6.45) is 3.30. The van der Waals surface area contributed by atoms with Crippen molar-refractivity contribution in [2.75, 3.05) is 18.6 Å². The highest BCUT2D eigenvalue weighted by atomic mass is 32.2. The third-order valence-electron chi connectivity index (χ3n) is 1.53. The summed E-state index contributed by atoms with van der Waals surface area (Å²) < 4.78 is 21.8. The summed E-state index contributed by atoms with van der Waals surface area (Å²) in [4.78, 5) is 0. The Morgan fingerprint density at radius 2 is 2.00 bits per heavy atom. The average Bonchev–Trinajstić information content (AvgIpc) is 1.81. The molecular formula is C9H19NO2S. The maximum Gasteiger partial charge on any atom is 0.148 e. The molecular weight excluding hydrogens is 186 g/mol. The van der Waals surface area contributed by atoms with E-state index in [9.17, 15) is 8.42 Å². The molecule has 0 saturated heterocycles. The van der Waals surface area contributed by atoms with Crippen molar-refractivity contribution in [3.8, 4) is 0 Å². The van der Waals surface area contributed by atoms with Crippen molar-refractivity contribution >= 4 is 9.84 Å². The van der Waals surface area contributed by atoms with Crippen molar-refractivity contribution in [1.29, 1.82) is 0 Å². The van der Waals surface area contributed by atoms with Crippen LogP contribution in [0.25, 0.3) is 0 Å². The standard InChI is InChI=1S/C9H19NO2S/c1-8(2)5-6-10-9(3)7-13(4,11)12/h5,9-10H,6-7H2,1-4H3. The molecule has 0 aliphatic heterocycles. The molecule has 1 unspecified atom stereocenters. The van der Waals surface area contributed by atoms with Crippen LogP contribution in [-0.4, -0.2) is 33.0 Å². The van der Waals surface area contributed by atoms with Crippen LogP contribution in [0, 0.1) is 0 Å². The normalized spacial score (nSPS) is 13.8. The quantitative estimate of drug-likeness (QED) is 0.680. The van der Waals surface area contributed by atoms with Crippen LogP contribution in [0.2, 0.25) is 0 Å². The summed E-state index contributed by atoms with van der Waals surface area (Å²) in [5.74, 6) is 0.198. The average molecular weight is 205 g/mol. The van der Waals surface area contributed by atoms with Crippen molar-refractivity contribution in [2.45, 2.75) is 26.8 Å². The van der Waals surface area contributed by atoms with Crippen LogP contribution >= 0.6 is 0 Å². The first kappa shape index (κ1) is 12.7. The molecule has 1 atom stereocenters. The van der Waals surface area contributed by atoms with E-state index < -0.39 is 9.84 Å². The van der Waals surface area contributed by atoms with Gasteiger partial charge in [0.1, 0.15) is 9.84 Å². The largest absolute Gasteiger partial charge is 0.310 e. The maximum absolute atomic E-state index is 10.9. The Morgan fingerprint density at radius 3 is 2.38 bits per heavy atom. The number of hydrogen-bond donors (Lipinski definition) is 1. The third-order valence-corrected chi connectivity index (χ3v) is 2.63. The minimum atomic E-state index is -2.86. The van der Waals surface area contributed by atoms with Gasteiger partial charge in [-0.2, -0.15) is 0 Å². The van der Waals surface area contributed by atoms with Crippen molar-refractivity contribution in [1.82, 2.24) is 5.32 Å². The lowest BCUT2D eigenvalue weighted by molar-refractivity contribution is 0.576. The second-order valence-corrected chi connectivity index (χ2v) is 5.87. The zero-order valence-electron chi connectivity index (χ0n) is 8.79. The van der Waals surface area contributed by atoms with Crippen LogP contribution in [0.5, 0.6) is 0 Å².